The van der Waals surface area contributed by atoms with E-state index in [0.29, 0.717) is 15.9 Å². The lowest BCUT2D eigenvalue weighted by atomic mass is 10.1. The van der Waals surface area contributed by atoms with Crippen LogP contribution in [0.25, 0.3) is 10.9 Å². The highest BCUT2D eigenvalue weighted by atomic mass is 35.5. The summed E-state index contributed by atoms with van der Waals surface area (Å²) in [6.07, 6.45) is -1.59. The molecule has 1 aromatic carbocycles. The topological polar surface area (TPSA) is 22.0 Å². The van der Waals surface area contributed by atoms with E-state index >= 15 is 0 Å². The van der Waals surface area contributed by atoms with Crippen LogP contribution < -0.4 is 0 Å². The van der Waals surface area contributed by atoms with Gasteiger partial charge >= 0.3 is 6.43 Å². The molecule has 16 heavy (non-hydrogen) atoms. The van der Waals surface area contributed by atoms with Crippen LogP contribution in [0.5, 0.6) is 0 Å². The van der Waals surface area contributed by atoms with Gasteiger partial charge in [0.15, 0.2) is 0 Å². The lowest BCUT2D eigenvalue weighted by molar-refractivity contribution is 0.0680. The number of halogens is 3. The molecule has 0 amide bonds. The van der Waals surface area contributed by atoms with Crippen molar-refractivity contribution in [2.45, 2.75) is 6.43 Å². The number of carbonyl (C=O) groups is 1. The van der Waals surface area contributed by atoms with E-state index in [0.717, 1.165) is 0 Å². The van der Waals surface area contributed by atoms with Crippen molar-refractivity contribution in [1.82, 2.24) is 4.57 Å². The molecular weight excluding hydrogens is 236 g/mol. The molecule has 0 radical (unpaired) electrons. The van der Waals surface area contributed by atoms with Gasteiger partial charge in [-0.25, -0.2) is 8.78 Å². The number of hydrogen-bond donors (Lipinski definition) is 0. The average molecular weight is 244 g/mol. The summed E-state index contributed by atoms with van der Waals surface area (Å²) in [5, 5.41) is 1.00. The Hall–Kier alpha value is -1.42. The van der Waals surface area contributed by atoms with Crippen molar-refractivity contribution in [2.24, 2.45) is 7.05 Å². The van der Waals surface area contributed by atoms with Crippen molar-refractivity contribution in [1.29, 1.82) is 0 Å². The highest BCUT2D eigenvalue weighted by Gasteiger charge is 2.22. The smallest absolute Gasteiger partial charge is 0.300 e. The van der Waals surface area contributed by atoms with Gasteiger partial charge in [0.05, 0.1) is 0 Å². The van der Waals surface area contributed by atoms with Crippen LogP contribution in [0, 0.1) is 0 Å². The number of nitrogens with zero attached hydrogens (tertiary/aromatic N) is 1. The number of Topliss-reactive ketones (excluding diaryl/α,β-unsaturated/α-hetero) is 1. The maximum absolute atomic E-state index is 12.3. The predicted molar refractivity (Wildman–Crippen MR) is 58.3 cm³/mol. The molecule has 0 N–H and O–H groups in total. The Morgan fingerprint density at radius 1 is 1.44 bits per heavy atom. The quantitative estimate of drug-likeness (QED) is 0.742. The average Bonchev–Trinajstić information content (AvgIpc) is 2.55. The normalized spacial score (nSPS) is 11.3. The van der Waals surface area contributed by atoms with E-state index < -0.39 is 12.2 Å². The summed E-state index contributed by atoms with van der Waals surface area (Å²) >= 11 is 5.80. The van der Waals surface area contributed by atoms with Crippen molar-refractivity contribution in [2.75, 3.05) is 0 Å². The maximum Gasteiger partial charge on any atom is 0.300 e. The van der Waals surface area contributed by atoms with Gasteiger partial charge in [0.2, 0.25) is 5.78 Å². The molecule has 0 atom stereocenters. The molecule has 5 heteroatoms. The van der Waals surface area contributed by atoms with Gasteiger partial charge in [-0.05, 0) is 12.1 Å². The fourth-order valence-electron chi connectivity index (χ4n) is 1.67. The number of ketones is 1. The highest BCUT2D eigenvalue weighted by Crippen LogP contribution is 2.25. The van der Waals surface area contributed by atoms with E-state index in [1.54, 1.807) is 29.8 Å². The lowest BCUT2D eigenvalue weighted by Crippen LogP contribution is -2.09. The Balaban J connectivity index is 2.69. The Kier molecular flexibility index (Phi) is 2.68. The SMILES string of the molecule is Cn1cc(C(=O)C(F)F)c2ccc(Cl)cc21. The molecule has 2 nitrogen and oxygen atoms in total. The van der Waals surface area contributed by atoms with E-state index in [-0.39, 0.29) is 5.56 Å². The highest BCUT2D eigenvalue weighted by molar-refractivity contribution is 6.31. The summed E-state index contributed by atoms with van der Waals surface area (Å²) in [6, 6.07) is 4.79. The van der Waals surface area contributed by atoms with E-state index in [4.69, 9.17) is 11.6 Å². The number of carbonyl (C=O) groups excluding carboxylic acids is 1. The molecule has 0 saturated carbocycles. The van der Waals surface area contributed by atoms with E-state index in [1.807, 2.05) is 0 Å². The number of aryl methyl sites for hydroxylation is 1. The second kappa shape index (κ2) is 3.87. The van der Waals surface area contributed by atoms with Crippen molar-refractivity contribution < 1.29 is 13.6 Å². The largest absolute Gasteiger partial charge is 0.350 e. The van der Waals surface area contributed by atoms with Crippen molar-refractivity contribution in [3.63, 3.8) is 0 Å². The maximum atomic E-state index is 12.3. The number of fused-ring (bicyclic) bond motifs is 1. The first-order chi connectivity index (χ1) is 7.50. The fraction of sp³-hybridized carbons (Fsp3) is 0.182. The summed E-state index contributed by atoms with van der Waals surface area (Å²) in [5.74, 6) is -1.16. The second-order valence-electron chi connectivity index (χ2n) is 3.48. The zero-order chi connectivity index (χ0) is 11.9. The van der Waals surface area contributed by atoms with Gasteiger partial charge in [-0.2, -0.15) is 0 Å². The molecule has 84 valence electrons. The molecule has 0 aliphatic carbocycles. The van der Waals surface area contributed by atoms with E-state index in [2.05, 4.69) is 0 Å². The fourth-order valence-corrected chi connectivity index (χ4v) is 1.84. The lowest BCUT2D eigenvalue weighted by Gasteiger charge is -1.97. The number of alkyl halides is 2. The molecule has 0 fully saturated rings. The summed E-state index contributed by atoms with van der Waals surface area (Å²) in [5.41, 5.74) is 0.695. The summed E-state index contributed by atoms with van der Waals surface area (Å²) in [6.45, 7) is 0. The van der Waals surface area contributed by atoms with Gasteiger partial charge in [0, 0.05) is 34.7 Å². The Bertz CT molecular complexity index is 562. The van der Waals surface area contributed by atoms with Crippen LogP contribution in [-0.4, -0.2) is 16.8 Å². The third kappa shape index (κ3) is 1.69. The van der Waals surface area contributed by atoms with Crippen LogP contribution >= 0.6 is 11.6 Å². The monoisotopic (exact) mass is 243 g/mol. The van der Waals surface area contributed by atoms with Crippen molar-refractivity contribution in [3.8, 4) is 0 Å². The van der Waals surface area contributed by atoms with Gasteiger partial charge in [0.1, 0.15) is 0 Å². The first kappa shape index (κ1) is 11.1. The zero-order valence-corrected chi connectivity index (χ0v) is 9.13. The van der Waals surface area contributed by atoms with Crippen molar-refractivity contribution in [3.05, 3.63) is 35.0 Å². The molecule has 0 spiro atoms. The molecule has 0 unspecified atom stereocenters. The van der Waals surface area contributed by atoms with Gasteiger partial charge in [-0.15, -0.1) is 0 Å². The molecule has 2 rings (SSSR count). The number of rotatable bonds is 2. The van der Waals surface area contributed by atoms with Crippen LogP contribution in [0.3, 0.4) is 0 Å². The van der Waals surface area contributed by atoms with Gasteiger partial charge in [-0.3, -0.25) is 4.79 Å². The van der Waals surface area contributed by atoms with Crippen LogP contribution in [0.4, 0.5) is 8.78 Å². The first-order valence-corrected chi connectivity index (χ1v) is 4.95. The Morgan fingerprint density at radius 2 is 2.12 bits per heavy atom. The van der Waals surface area contributed by atoms with Crippen LogP contribution in [-0.2, 0) is 7.05 Å². The molecule has 0 aliphatic rings. The standard InChI is InChI=1S/C11H8ClF2NO/c1-15-5-8(10(16)11(13)14)7-3-2-6(12)4-9(7)15/h2-5,11H,1H3. The van der Waals surface area contributed by atoms with Gasteiger partial charge < -0.3 is 4.57 Å². The van der Waals surface area contributed by atoms with Crippen molar-refractivity contribution >= 4 is 28.3 Å². The molecule has 1 aromatic heterocycles. The second-order valence-corrected chi connectivity index (χ2v) is 3.92. The molecular formula is C11H8ClF2NO. The minimum atomic E-state index is -2.98. The molecule has 0 bridgehead atoms. The Morgan fingerprint density at radius 3 is 2.75 bits per heavy atom. The summed E-state index contributed by atoms with van der Waals surface area (Å²) in [4.78, 5) is 11.3. The third-order valence-electron chi connectivity index (χ3n) is 2.42. The molecule has 1 heterocycles. The minimum Gasteiger partial charge on any atom is -0.350 e. The van der Waals surface area contributed by atoms with Crippen LogP contribution in [0.1, 0.15) is 10.4 Å². The minimum absolute atomic E-state index is 0.0316. The van der Waals surface area contributed by atoms with Gasteiger partial charge in [-0.1, -0.05) is 17.7 Å². The molecule has 0 aliphatic heterocycles. The zero-order valence-electron chi connectivity index (χ0n) is 8.38. The predicted octanol–water partition coefficient (Wildman–Crippen LogP) is 3.28. The summed E-state index contributed by atoms with van der Waals surface area (Å²) in [7, 11) is 1.68. The van der Waals surface area contributed by atoms with Gasteiger partial charge in [0.25, 0.3) is 0 Å². The van der Waals surface area contributed by atoms with E-state index in [9.17, 15) is 13.6 Å². The Labute approximate surface area is 95.4 Å². The first-order valence-electron chi connectivity index (χ1n) is 4.57. The number of benzene rings is 1. The third-order valence-corrected chi connectivity index (χ3v) is 2.65. The molecule has 0 saturated heterocycles. The molecule has 2 aromatic rings. The van der Waals surface area contributed by atoms with E-state index in [1.165, 1.54) is 6.20 Å². The number of aromatic nitrogens is 1. The van der Waals surface area contributed by atoms with Crippen LogP contribution in [0.15, 0.2) is 24.4 Å². The summed E-state index contributed by atoms with van der Waals surface area (Å²) < 4.78 is 26.3. The van der Waals surface area contributed by atoms with Crippen LogP contribution in [0.2, 0.25) is 5.02 Å². The number of hydrogen-bond acceptors (Lipinski definition) is 1.